The Labute approximate surface area is 131 Å². The minimum atomic E-state index is -0.475. The number of hydrogen-bond acceptors (Lipinski definition) is 5. The number of carbonyl (C=O) groups is 1. The van der Waals surface area contributed by atoms with Gasteiger partial charge in [-0.3, -0.25) is 4.68 Å². The van der Waals surface area contributed by atoms with E-state index in [1.165, 1.54) is 12.8 Å². The Morgan fingerprint density at radius 3 is 2.73 bits per heavy atom. The van der Waals surface area contributed by atoms with Crippen LogP contribution in [0.2, 0.25) is 0 Å². The molecular weight excluding hydrogens is 282 g/mol. The summed E-state index contributed by atoms with van der Waals surface area (Å²) in [6, 6.07) is 1.07. The van der Waals surface area contributed by atoms with Crippen molar-refractivity contribution in [2.24, 2.45) is 0 Å². The summed E-state index contributed by atoms with van der Waals surface area (Å²) in [5.74, 6) is 0. The van der Waals surface area contributed by atoms with Gasteiger partial charge in [0.25, 0.3) is 0 Å². The molecule has 2 unspecified atom stereocenters. The molecule has 2 aliphatic rings. The van der Waals surface area contributed by atoms with Crippen LogP contribution in [0.1, 0.15) is 40.0 Å². The fourth-order valence-corrected chi connectivity index (χ4v) is 2.88. The van der Waals surface area contributed by atoms with Crippen LogP contribution in [-0.2, 0) is 11.3 Å². The van der Waals surface area contributed by atoms with E-state index in [9.17, 15) is 4.79 Å². The van der Waals surface area contributed by atoms with Gasteiger partial charge in [-0.25, -0.2) is 4.79 Å². The highest BCUT2D eigenvalue weighted by atomic mass is 16.6. The number of ether oxygens (including phenoxy) is 1. The minimum absolute atomic E-state index is 0.0906. The summed E-state index contributed by atoms with van der Waals surface area (Å²) in [5.41, 5.74) is -0.475. The third kappa shape index (κ3) is 3.97. The van der Waals surface area contributed by atoms with Crippen LogP contribution < -0.4 is 5.32 Å². The van der Waals surface area contributed by atoms with Crippen LogP contribution in [0.5, 0.6) is 0 Å². The van der Waals surface area contributed by atoms with Gasteiger partial charge in [-0.2, -0.15) is 0 Å². The molecule has 2 heterocycles. The number of likely N-dealkylation sites (tertiary alicyclic amines) is 1. The van der Waals surface area contributed by atoms with Crippen LogP contribution in [0.25, 0.3) is 0 Å². The first-order valence-electron chi connectivity index (χ1n) is 8.00. The maximum Gasteiger partial charge on any atom is 0.410 e. The number of nitrogens with zero attached hydrogens (tertiary/aromatic N) is 4. The fourth-order valence-electron chi connectivity index (χ4n) is 2.88. The number of hydrogen-bond donors (Lipinski definition) is 1. The molecule has 0 aromatic carbocycles. The standard InChI is InChI=1S/C15H25N5O2/c1-15(2,3)22-14(21)20-9-12(17-11-4-5-11)8-13(20)10-19-7-6-16-18-19/h6-7,11-13,17H,4-5,8-10H2,1-3H3. The lowest BCUT2D eigenvalue weighted by Gasteiger charge is -2.28. The Morgan fingerprint density at radius 1 is 1.36 bits per heavy atom. The summed E-state index contributed by atoms with van der Waals surface area (Å²) in [6.07, 6.45) is 6.67. The van der Waals surface area contributed by atoms with E-state index >= 15 is 0 Å². The van der Waals surface area contributed by atoms with E-state index in [0.29, 0.717) is 25.2 Å². The Kier molecular flexibility index (Phi) is 4.08. The Hall–Kier alpha value is -1.63. The second-order valence-corrected chi connectivity index (χ2v) is 7.29. The van der Waals surface area contributed by atoms with Crippen LogP contribution in [0.15, 0.2) is 12.4 Å². The summed E-state index contributed by atoms with van der Waals surface area (Å²) in [7, 11) is 0. The first-order valence-corrected chi connectivity index (χ1v) is 8.00. The van der Waals surface area contributed by atoms with E-state index in [0.717, 1.165) is 6.42 Å². The van der Waals surface area contributed by atoms with Crippen LogP contribution >= 0.6 is 0 Å². The van der Waals surface area contributed by atoms with Gasteiger partial charge in [0.2, 0.25) is 0 Å². The molecule has 1 aromatic rings. The first kappa shape index (κ1) is 15.3. The molecule has 1 amide bonds. The highest BCUT2D eigenvalue weighted by Gasteiger charge is 2.39. The van der Waals surface area contributed by atoms with E-state index in [-0.39, 0.29) is 12.1 Å². The van der Waals surface area contributed by atoms with E-state index in [2.05, 4.69) is 15.6 Å². The van der Waals surface area contributed by atoms with Crippen molar-refractivity contribution in [1.29, 1.82) is 0 Å². The predicted octanol–water partition coefficient (Wildman–Crippen LogP) is 1.41. The van der Waals surface area contributed by atoms with E-state index in [4.69, 9.17) is 4.74 Å². The second-order valence-electron chi connectivity index (χ2n) is 7.29. The van der Waals surface area contributed by atoms with Gasteiger partial charge < -0.3 is 15.0 Å². The van der Waals surface area contributed by atoms with Crippen molar-refractivity contribution in [2.45, 2.75) is 70.3 Å². The molecule has 7 heteroatoms. The quantitative estimate of drug-likeness (QED) is 0.910. The molecule has 2 fully saturated rings. The molecule has 1 aromatic heterocycles. The maximum absolute atomic E-state index is 12.5. The normalized spacial score (nSPS) is 25.5. The molecule has 0 radical (unpaired) electrons. The zero-order chi connectivity index (χ0) is 15.7. The van der Waals surface area contributed by atoms with Crippen molar-refractivity contribution in [1.82, 2.24) is 25.2 Å². The number of carbonyl (C=O) groups excluding carboxylic acids is 1. The van der Waals surface area contributed by atoms with E-state index in [1.54, 1.807) is 10.9 Å². The van der Waals surface area contributed by atoms with E-state index < -0.39 is 5.60 Å². The molecule has 7 nitrogen and oxygen atoms in total. The van der Waals surface area contributed by atoms with Crippen LogP contribution in [-0.4, -0.2) is 56.3 Å². The average Bonchev–Trinajstić information content (AvgIpc) is 2.92. The third-order valence-corrected chi connectivity index (χ3v) is 3.96. The highest BCUT2D eigenvalue weighted by Crippen LogP contribution is 2.26. The van der Waals surface area contributed by atoms with Crippen molar-refractivity contribution in [3.63, 3.8) is 0 Å². The van der Waals surface area contributed by atoms with Gasteiger partial charge in [0, 0.05) is 24.8 Å². The summed E-state index contributed by atoms with van der Waals surface area (Å²) in [4.78, 5) is 14.3. The van der Waals surface area contributed by atoms with Crippen LogP contribution in [0.3, 0.4) is 0 Å². The second kappa shape index (κ2) is 5.87. The van der Waals surface area contributed by atoms with Crippen LogP contribution in [0, 0.1) is 0 Å². The lowest BCUT2D eigenvalue weighted by atomic mass is 10.1. The Bertz CT molecular complexity index is 507. The van der Waals surface area contributed by atoms with E-state index in [1.807, 2.05) is 31.9 Å². The lowest BCUT2D eigenvalue weighted by Crippen LogP contribution is -2.42. The molecule has 122 valence electrons. The van der Waals surface area contributed by atoms with Crippen molar-refractivity contribution >= 4 is 6.09 Å². The number of nitrogens with one attached hydrogen (secondary N) is 1. The summed E-state index contributed by atoms with van der Waals surface area (Å²) in [5, 5.41) is 11.5. The molecule has 22 heavy (non-hydrogen) atoms. The average molecular weight is 307 g/mol. The summed E-state index contributed by atoms with van der Waals surface area (Å²) < 4.78 is 7.33. The fraction of sp³-hybridized carbons (Fsp3) is 0.800. The zero-order valence-corrected chi connectivity index (χ0v) is 13.5. The van der Waals surface area contributed by atoms with Crippen molar-refractivity contribution in [3.05, 3.63) is 12.4 Å². The number of amides is 1. The van der Waals surface area contributed by atoms with Crippen LogP contribution in [0.4, 0.5) is 4.79 Å². The molecule has 0 bridgehead atoms. The smallest absolute Gasteiger partial charge is 0.410 e. The Balaban J connectivity index is 1.66. The maximum atomic E-state index is 12.5. The van der Waals surface area contributed by atoms with Crippen molar-refractivity contribution in [3.8, 4) is 0 Å². The molecule has 1 saturated heterocycles. The molecule has 1 N–H and O–H groups in total. The zero-order valence-electron chi connectivity index (χ0n) is 13.5. The molecule has 1 saturated carbocycles. The SMILES string of the molecule is CC(C)(C)OC(=O)N1CC(NC2CC2)CC1Cn1ccnn1. The van der Waals surface area contributed by atoms with Gasteiger partial charge in [0.15, 0.2) is 0 Å². The first-order chi connectivity index (χ1) is 10.4. The largest absolute Gasteiger partial charge is 0.444 e. The minimum Gasteiger partial charge on any atom is -0.444 e. The van der Waals surface area contributed by atoms with Crippen molar-refractivity contribution in [2.75, 3.05) is 6.54 Å². The number of aromatic nitrogens is 3. The molecule has 1 aliphatic heterocycles. The summed E-state index contributed by atoms with van der Waals surface area (Å²) in [6.45, 7) is 7.04. The predicted molar refractivity (Wildman–Crippen MR) is 81.3 cm³/mol. The molecular formula is C15H25N5O2. The van der Waals surface area contributed by atoms with Gasteiger partial charge in [0.05, 0.1) is 18.8 Å². The summed E-state index contributed by atoms with van der Waals surface area (Å²) >= 11 is 0. The lowest BCUT2D eigenvalue weighted by molar-refractivity contribution is 0.0208. The van der Waals surface area contributed by atoms with Gasteiger partial charge >= 0.3 is 6.09 Å². The molecule has 0 spiro atoms. The molecule has 2 atom stereocenters. The van der Waals surface area contributed by atoms with Crippen molar-refractivity contribution < 1.29 is 9.53 Å². The monoisotopic (exact) mass is 307 g/mol. The number of rotatable bonds is 4. The third-order valence-electron chi connectivity index (χ3n) is 3.96. The Morgan fingerprint density at radius 2 is 2.14 bits per heavy atom. The molecule has 1 aliphatic carbocycles. The van der Waals surface area contributed by atoms with Gasteiger partial charge in [-0.1, -0.05) is 5.21 Å². The topological polar surface area (TPSA) is 72.3 Å². The van der Waals surface area contributed by atoms with Gasteiger partial charge in [-0.05, 0) is 40.0 Å². The molecule has 3 rings (SSSR count). The van der Waals surface area contributed by atoms with Gasteiger partial charge in [-0.15, -0.1) is 5.10 Å². The van der Waals surface area contributed by atoms with Gasteiger partial charge in [0.1, 0.15) is 5.60 Å². The highest BCUT2D eigenvalue weighted by molar-refractivity contribution is 5.69.